The van der Waals surface area contributed by atoms with Crippen molar-refractivity contribution in [1.82, 2.24) is 0 Å². The SMILES string of the molecule is CC1CCN(c2ccc(C(=O)O)cc2Br)CC1C. The maximum Gasteiger partial charge on any atom is 0.335 e. The summed E-state index contributed by atoms with van der Waals surface area (Å²) < 4.78 is 0.865. The van der Waals surface area contributed by atoms with Crippen LogP contribution in [0.4, 0.5) is 5.69 Å². The molecule has 1 aliphatic rings. The maximum atomic E-state index is 10.9. The first kappa shape index (κ1) is 13.4. The molecular formula is C14H18BrNO2. The highest BCUT2D eigenvalue weighted by Crippen LogP contribution is 2.32. The van der Waals surface area contributed by atoms with Crippen LogP contribution >= 0.6 is 15.9 Å². The molecule has 1 N–H and O–H groups in total. The summed E-state index contributed by atoms with van der Waals surface area (Å²) in [5.41, 5.74) is 1.42. The largest absolute Gasteiger partial charge is 0.478 e. The predicted octanol–water partition coefficient (Wildman–Crippen LogP) is 3.63. The highest BCUT2D eigenvalue weighted by atomic mass is 79.9. The molecule has 0 radical (unpaired) electrons. The molecular weight excluding hydrogens is 294 g/mol. The Morgan fingerprint density at radius 1 is 1.39 bits per heavy atom. The van der Waals surface area contributed by atoms with Gasteiger partial charge in [0.05, 0.1) is 11.3 Å². The second-order valence-corrected chi connectivity index (χ2v) is 6.01. The first-order valence-electron chi connectivity index (χ1n) is 6.27. The Morgan fingerprint density at radius 2 is 2.11 bits per heavy atom. The summed E-state index contributed by atoms with van der Waals surface area (Å²) in [5, 5.41) is 8.95. The highest BCUT2D eigenvalue weighted by molar-refractivity contribution is 9.10. The molecule has 1 fully saturated rings. The van der Waals surface area contributed by atoms with E-state index in [1.54, 1.807) is 12.1 Å². The number of hydrogen-bond acceptors (Lipinski definition) is 2. The van der Waals surface area contributed by atoms with Gasteiger partial charge >= 0.3 is 5.97 Å². The quantitative estimate of drug-likeness (QED) is 0.906. The molecule has 2 atom stereocenters. The predicted molar refractivity (Wildman–Crippen MR) is 76.3 cm³/mol. The molecule has 0 aromatic heterocycles. The van der Waals surface area contributed by atoms with Crippen LogP contribution in [0.2, 0.25) is 0 Å². The number of benzene rings is 1. The third-order valence-corrected chi connectivity index (χ3v) is 4.50. The number of anilines is 1. The number of carboxylic acids is 1. The zero-order valence-corrected chi connectivity index (χ0v) is 12.3. The van der Waals surface area contributed by atoms with E-state index in [0.29, 0.717) is 11.5 Å². The Hall–Kier alpha value is -1.03. The fraction of sp³-hybridized carbons (Fsp3) is 0.500. The molecule has 4 heteroatoms. The molecule has 3 nitrogen and oxygen atoms in total. The smallest absolute Gasteiger partial charge is 0.335 e. The van der Waals surface area contributed by atoms with E-state index in [4.69, 9.17) is 5.11 Å². The lowest BCUT2D eigenvalue weighted by Crippen LogP contribution is -2.38. The Balaban J connectivity index is 2.21. The van der Waals surface area contributed by atoms with Crippen molar-refractivity contribution < 1.29 is 9.90 Å². The number of hydrogen-bond donors (Lipinski definition) is 1. The van der Waals surface area contributed by atoms with E-state index in [-0.39, 0.29) is 0 Å². The number of rotatable bonds is 2. The highest BCUT2D eigenvalue weighted by Gasteiger charge is 2.24. The molecule has 2 unspecified atom stereocenters. The van der Waals surface area contributed by atoms with Gasteiger partial charge in [-0.15, -0.1) is 0 Å². The summed E-state index contributed by atoms with van der Waals surface area (Å²) in [4.78, 5) is 13.2. The molecule has 2 rings (SSSR count). The van der Waals surface area contributed by atoms with E-state index in [1.165, 1.54) is 6.42 Å². The molecule has 1 heterocycles. The van der Waals surface area contributed by atoms with Gasteiger partial charge in [0.25, 0.3) is 0 Å². The minimum atomic E-state index is -0.886. The van der Waals surface area contributed by atoms with Gasteiger partial charge in [0.2, 0.25) is 0 Å². The minimum absolute atomic E-state index is 0.323. The second-order valence-electron chi connectivity index (χ2n) is 5.16. The third-order valence-electron chi connectivity index (χ3n) is 3.87. The van der Waals surface area contributed by atoms with Crippen molar-refractivity contribution in [1.29, 1.82) is 0 Å². The molecule has 1 aliphatic heterocycles. The summed E-state index contributed by atoms with van der Waals surface area (Å²) in [6.07, 6.45) is 1.19. The number of aromatic carboxylic acids is 1. The second kappa shape index (κ2) is 5.31. The Morgan fingerprint density at radius 3 is 2.67 bits per heavy atom. The van der Waals surface area contributed by atoms with Gasteiger partial charge in [0.15, 0.2) is 0 Å². The van der Waals surface area contributed by atoms with Crippen molar-refractivity contribution in [2.24, 2.45) is 11.8 Å². The maximum absolute atomic E-state index is 10.9. The van der Waals surface area contributed by atoms with E-state index < -0.39 is 5.97 Å². The molecule has 0 amide bonds. The standard InChI is InChI=1S/C14H18BrNO2/c1-9-5-6-16(8-10(9)2)13-4-3-11(14(17)18)7-12(13)15/h3-4,7,9-10H,5-6,8H2,1-2H3,(H,17,18). The zero-order valence-electron chi connectivity index (χ0n) is 10.7. The van der Waals surface area contributed by atoms with Crippen LogP contribution in [0.3, 0.4) is 0 Å². The Bertz CT molecular complexity index is 461. The van der Waals surface area contributed by atoms with Crippen LogP contribution in [0.1, 0.15) is 30.6 Å². The average molecular weight is 312 g/mol. The van der Waals surface area contributed by atoms with E-state index in [0.717, 1.165) is 29.2 Å². The Labute approximate surface area is 116 Å². The fourth-order valence-corrected chi connectivity index (χ4v) is 3.01. The van der Waals surface area contributed by atoms with E-state index >= 15 is 0 Å². The van der Waals surface area contributed by atoms with Crippen molar-refractivity contribution in [2.45, 2.75) is 20.3 Å². The zero-order chi connectivity index (χ0) is 13.3. The lowest BCUT2D eigenvalue weighted by atomic mass is 9.88. The summed E-state index contributed by atoms with van der Waals surface area (Å²) in [7, 11) is 0. The molecule has 18 heavy (non-hydrogen) atoms. The van der Waals surface area contributed by atoms with Crippen LogP contribution in [-0.4, -0.2) is 24.2 Å². The van der Waals surface area contributed by atoms with Crippen LogP contribution < -0.4 is 4.90 Å². The monoisotopic (exact) mass is 311 g/mol. The molecule has 98 valence electrons. The summed E-state index contributed by atoms with van der Waals surface area (Å²) in [6, 6.07) is 5.25. The van der Waals surface area contributed by atoms with E-state index in [9.17, 15) is 4.79 Å². The molecule has 1 aromatic rings. The summed E-state index contributed by atoms with van der Waals surface area (Å²) >= 11 is 3.48. The van der Waals surface area contributed by atoms with E-state index in [2.05, 4.69) is 34.7 Å². The fourth-order valence-electron chi connectivity index (χ4n) is 2.38. The number of piperidine rings is 1. The number of halogens is 1. The minimum Gasteiger partial charge on any atom is -0.478 e. The number of carbonyl (C=O) groups is 1. The van der Waals surface area contributed by atoms with Gasteiger partial charge in [0.1, 0.15) is 0 Å². The molecule has 0 aliphatic carbocycles. The van der Waals surface area contributed by atoms with Gasteiger partial charge in [-0.25, -0.2) is 4.79 Å². The van der Waals surface area contributed by atoms with Crippen LogP contribution in [0.25, 0.3) is 0 Å². The molecule has 0 spiro atoms. The number of nitrogens with zero attached hydrogens (tertiary/aromatic N) is 1. The molecule has 1 aromatic carbocycles. The van der Waals surface area contributed by atoms with Gasteiger partial charge < -0.3 is 10.0 Å². The summed E-state index contributed by atoms with van der Waals surface area (Å²) in [6.45, 7) is 6.64. The van der Waals surface area contributed by atoms with Crippen molar-refractivity contribution in [2.75, 3.05) is 18.0 Å². The van der Waals surface area contributed by atoms with Crippen molar-refractivity contribution in [3.8, 4) is 0 Å². The molecule has 0 saturated carbocycles. The van der Waals surface area contributed by atoms with Crippen LogP contribution in [0.15, 0.2) is 22.7 Å². The lowest BCUT2D eigenvalue weighted by molar-refractivity contribution is 0.0697. The molecule has 0 bridgehead atoms. The normalized spacial score (nSPS) is 24.1. The number of carboxylic acid groups (broad SMARTS) is 1. The lowest BCUT2D eigenvalue weighted by Gasteiger charge is -2.37. The first-order valence-corrected chi connectivity index (χ1v) is 7.06. The van der Waals surface area contributed by atoms with E-state index in [1.807, 2.05) is 6.07 Å². The van der Waals surface area contributed by atoms with Crippen molar-refractivity contribution >= 4 is 27.6 Å². The Kier molecular flexibility index (Phi) is 3.95. The van der Waals surface area contributed by atoms with Gasteiger partial charge in [-0.05, 0) is 52.4 Å². The molecule has 1 saturated heterocycles. The van der Waals surface area contributed by atoms with Gasteiger partial charge in [-0.3, -0.25) is 0 Å². The van der Waals surface area contributed by atoms with Gasteiger partial charge in [-0.1, -0.05) is 13.8 Å². The van der Waals surface area contributed by atoms with Gasteiger partial charge in [0, 0.05) is 17.6 Å². The average Bonchev–Trinajstić information content (AvgIpc) is 2.32. The topological polar surface area (TPSA) is 40.5 Å². The van der Waals surface area contributed by atoms with Crippen LogP contribution in [0.5, 0.6) is 0 Å². The first-order chi connectivity index (χ1) is 8.49. The van der Waals surface area contributed by atoms with Crippen LogP contribution in [0, 0.1) is 11.8 Å². The van der Waals surface area contributed by atoms with Crippen molar-refractivity contribution in [3.63, 3.8) is 0 Å². The third kappa shape index (κ3) is 2.69. The van der Waals surface area contributed by atoms with Crippen molar-refractivity contribution in [3.05, 3.63) is 28.2 Å². The summed E-state index contributed by atoms with van der Waals surface area (Å²) in [5.74, 6) is 0.547. The van der Waals surface area contributed by atoms with Gasteiger partial charge in [-0.2, -0.15) is 0 Å². The van der Waals surface area contributed by atoms with Crippen LogP contribution in [-0.2, 0) is 0 Å².